The molecular formula is C19H23NO4S. The number of sulfone groups is 1. The normalized spacial score (nSPS) is 11.2. The number of carbonyl (C=O) groups is 1. The van der Waals surface area contributed by atoms with Crippen molar-refractivity contribution in [3.63, 3.8) is 0 Å². The van der Waals surface area contributed by atoms with E-state index in [1.54, 1.807) is 13.0 Å². The second kappa shape index (κ2) is 7.70. The van der Waals surface area contributed by atoms with Crippen molar-refractivity contribution in [2.75, 3.05) is 19.4 Å². The zero-order valence-corrected chi connectivity index (χ0v) is 15.7. The van der Waals surface area contributed by atoms with Gasteiger partial charge in [-0.25, -0.2) is 8.42 Å². The molecule has 0 radical (unpaired) electrons. The van der Waals surface area contributed by atoms with Crippen LogP contribution in [0.4, 0.5) is 0 Å². The molecule has 2 aromatic rings. The van der Waals surface area contributed by atoms with Gasteiger partial charge < -0.3 is 10.1 Å². The number of hydrogen-bond donors (Lipinski definition) is 1. The van der Waals surface area contributed by atoms with Crippen molar-refractivity contribution in [1.82, 2.24) is 5.32 Å². The number of benzene rings is 2. The minimum atomic E-state index is -3.35. The van der Waals surface area contributed by atoms with Crippen LogP contribution in [0.3, 0.4) is 0 Å². The first-order valence-corrected chi connectivity index (χ1v) is 9.86. The zero-order chi connectivity index (χ0) is 18.6. The minimum absolute atomic E-state index is 0.134. The topological polar surface area (TPSA) is 72.5 Å². The average molecular weight is 361 g/mol. The van der Waals surface area contributed by atoms with E-state index < -0.39 is 9.84 Å². The molecule has 0 spiro atoms. The Labute approximate surface area is 148 Å². The van der Waals surface area contributed by atoms with Gasteiger partial charge in [0.1, 0.15) is 12.4 Å². The number of ether oxygens (including phenoxy) is 1. The molecule has 0 bridgehead atoms. The summed E-state index contributed by atoms with van der Waals surface area (Å²) in [6, 6.07) is 10.5. The first kappa shape index (κ1) is 19.0. The van der Waals surface area contributed by atoms with E-state index in [4.69, 9.17) is 4.74 Å². The number of hydrogen-bond acceptors (Lipinski definition) is 4. The molecule has 2 rings (SSSR count). The maximum Gasteiger partial charge on any atom is 0.251 e. The van der Waals surface area contributed by atoms with E-state index >= 15 is 0 Å². The third-order valence-corrected chi connectivity index (χ3v) is 4.97. The maximum absolute atomic E-state index is 12.3. The Morgan fingerprint density at radius 3 is 2.40 bits per heavy atom. The summed E-state index contributed by atoms with van der Waals surface area (Å²) >= 11 is 0. The van der Waals surface area contributed by atoms with Crippen molar-refractivity contribution in [2.45, 2.75) is 25.7 Å². The van der Waals surface area contributed by atoms with E-state index in [1.165, 1.54) is 17.7 Å². The van der Waals surface area contributed by atoms with E-state index in [-0.39, 0.29) is 10.8 Å². The van der Waals surface area contributed by atoms with Crippen LogP contribution in [0.2, 0.25) is 0 Å². The summed E-state index contributed by atoms with van der Waals surface area (Å²) in [6.07, 6.45) is 1.12. The van der Waals surface area contributed by atoms with Gasteiger partial charge in [0, 0.05) is 11.8 Å². The SMILES string of the molecule is Cc1ccc(OCCNC(=O)c2cc(S(C)(=O)=O)ccc2C)c(C)c1. The van der Waals surface area contributed by atoms with E-state index in [9.17, 15) is 13.2 Å². The Morgan fingerprint density at radius 2 is 1.76 bits per heavy atom. The lowest BCUT2D eigenvalue weighted by Gasteiger charge is -2.12. The molecular weight excluding hydrogens is 338 g/mol. The molecule has 0 saturated heterocycles. The molecule has 0 atom stereocenters. The minimum Gasteiger partial charge on any atom is -0.491 e. The van der Waals surface area contributed by atoms with Gasteiger partial charge in [-0.2, -0.15) is 0 Å². The molecule has 0 aliphatic rings. The molecule has 0 saturated carbocycles. The van der Waals surface area contributed by atoms with Gasteiger partial charge in [0.25, 0.3) is 5.91 Å². The van der Waals surface area contributed by atoms with Gasteiger partial charge >= 0.3 is 0 Å². The van der Waals surface area contributed by atoms with Crippen molar-refractivity contribution < 1.29 is 17.9 Å². The van der Waals surface area contributed by atoms with Gasteiger partial charge in [-0.05, 0) is 50.1 Å². The lowest BCUT2D eigenvalue weighted by Crippen LogP contribution is -2.28. The second-order valence-electron chi connectivity index (χ2n) is 6.12. The van der Waals surface area contributed by atoms with Crippen LogP contribution in [0.25, 0.3) is 0 Å². The molecule has 1 N–H and O–H groups in total. The monoisotopic (exact) mass is 361 g/mol. The molecule has 0 fully saturated rings. The Kier molecular flexibility index (Phi) is 5.85. The Morgan fingerprint density at radius 1 is 1.04 bits per heavy atom. The smallest absolute Gasteiger partial charge is 0.251 e. The van der Waals surface area contributed by atoms with Gasteiger partial charge in [-0.3, -0.25) is 4.79 Å². The summed E-state index contributed by atoms with van der Waals surface area (Å²) in [5.41, 5.74) is 3.29. The number of rotatable bonds is 6. The summed E-state index contributed by atoms with van der Waals surface area (Å²) in [6.45, 7) is 6.42. The summed E-state index contributed by atoms with van der Waals surface area (Å²) in [5.74, 6) is 0.474. The summed E-state index contributed by atoms with van der Waals surface area (Å²) in [7, 11) is -3.35. The van der Waals surface area contributed by atoms with Crippen LogP contribution < -0.4 is 10.1 Å². The van der Waals surface area contributed by atoms with Crippen LogP contribution in [0.15, 0.2) is 41.3 Å². The van der Waals surface area contributed by atoms with E-state index in [1.807, 2.05) is 32.0 Å². The molecule has 1 amide bonds. The fourth-order valence-corrected chi connectivity index (χ4v) is 3.11. The van der Waals surface area contributed by atoms with Crippen LogP contribution in [0.5, 0.6) is 5.75 Å². The van der Waals surface area contributed by atoms with Crippen LogP contribution in [0.1, 0.15) is 27.0 Å². The van der Waals surface area contributed by atoms with Crippen LogP contribution in [-0.4, -0.2) is 33.7 Å². The van der Waals surface area contributed by atoms with Gasteiger partial charge in [-0.15, -0.1) is 0 Å². The predicted molar refractivity (Wildman–Crippen MR) is 98.0 cm³/mol. The van der Waals surface area contributed by atoms with Crippen molar-refractivity contribution in [2.24, 2.45) is 0 Å². The van der Waals surface area contributed by atoms with Crippen molar-refractivity contribution in [1.29, 1.82) is 0 Å². The molecule has 25 heavy (non-hydrogen) atoms. The first-order chi connectivity index (χ1) is 11.7. The Bertz CT molecular complexity index is 888. The lowest BCUT2D eigenvalue weighted by molar-refractivity contribution is 0.0946. The third-order valence-electron chi connectivity index (χ3n) is 3.86. The van der Waals surface area contributed by atoms with Crippen molar-refractivity contribution in [3.05, 3.63) is 58.7 Å². The zero-order valence-electron chi connectivity index (χ0n) is 14.9. The summed E-state index contributed by atoms with van der Waals surface area (Å²) in [4.78, 5) is 12.4. The second-order valence-corrected chi connectivity index (χ2v) is 8.14. The highest BCUT2D eigenvalue weighted by atomic mass is 32.2. The highest BCUT2D eigenvalue weighted by Gasteiger charge is 2.14. The maximum atomic E-state index is 12.3. The molecule has 6 heteroatoms. The molecule has 0 unspecified atom stereocenters. The fourth-order valence-electron chi connectivity index (χ4n) is 2.46. The van der Waals surface area contributed by atoms with Crippen molar-refractivity contribution >= 4 is 15.7 Å². The molecule has 0 aromatic heterocycles. The highest BCUT2D eigenvalue weighted by molar-refractivity contribution is 7.90. The van der Waals surface area contributed by atoms with Crippen LogP contribution >= 0.6 is 0 Å². The van der Waals surface area contributed by atoms with Crippen LogP contribution in [-0.2, 0) is 9.84 Å². The third kappa shape index (κ3) is 5.06. The van der Waals surface area contributed by atoms with Gasteiger partial charge in [0.15, 0.2) is 9.84 Å². The first-order valence-electron chi connectivity index (χ1n) is 7.97. The van der Waals surface area contributed by atoms with Gasteiger partial charge in [-0.1, -0.05) is 23.8 Å². The highest BCUT2D eigenvalue weighted by Crippen LogP contribution is 2.18. The number of nitrogens with one attached hydrogen (secondary N) is 1. The number of amides is 1. The van der Waals surface area contributed by atoms with Gasteiger partial charge in [0.05, 0.1) is 11.4 Å². The Hall–Kier alpha value is -2.34. The lowest BCUT2D eigenvalue weighted by atomic mass is 10.1. The summed E-state index contributed by atoms with van der Waals surface area (Å²) < 4.78 is 29.0. The van der Waals surface area contributed by atoms with Crippen LogP contribution in [0, 0.1) is 20.8 Å². The molecule has 0 aliphatic carbocycles. The molecule has 5 nitrogen and oxygen atoms in total. The van der Waals surface area contributed by atoms with E-state index in [0.29, 0.717) is 18.7 Å². The van der Waals surface area contributed by atoms with Crippen molar-refractivity contribution in [3.8, 4) is 5.75 Å². The molecule has 0 heterocycles. The predicted octanol–water partition coefficient (Wildman–Crippen LogP) is 2.82. The average Bonchev–Trinajstić information content (AvgIpc) is 2.52. The standard InChI is InChI=1S/C19H23NO4S/c1-13-5-8-18(15(3)11-13)24-10-9-20-19(21)17-12-16(25(4,22)23)7-6-14(17)2/h5-8,11-12H,9-10H2,1-4H3,(H,20,21). The molecule has 134 valence electrons. The Balaban J connectivity index is 1.96. The quantitative estimate of drug-likeness (QED) is 0.803. The molecule has 2 aromatic carbocycles. The fraction of sp³-hybridized carbons (Fsp3) is 0.316. The number of aryl methyl sites for hydroxylation is 3. The van der Waals surface area contributed by atoms with E-state index in [2.05, 4.69) is 5.32 Å². The summed E-state index contributed by atoms with van der Waals surface area (Å²) in [5, 5.41) is 2.76. The molecule has 0 aliphatic heterocycles. The van der Waals surface area contributed by atoms with Gasteiger partial charge in [0.2, 0.25) is 0 Å². The number of carbonyl (C=O) groups excluding carboxylic acids is 1. The largest absolute Gasteiger partial charge is 0.491 e. The van der Waals surface area contributed by atoms with E-state index in [0.717, 1.165) is 23.1 Å².